The van der Waals surface area contributed by atoms with Crippen LogP contribution in [0.1, 0.15) is 20.8 Å². The second-order valence-corrected chi connectivity index (χ2v) is 6.49. The molecule has 0 saturated heterocycles. The fourth-order valence-corrected chi connectivity index (χ4v) is 2.97. The maximum Gasteiger partial charge on any atom is 0.235 e. The Hall–Kier alpha value is -1.53. The minimum absolute atomic E-state index is 0.104. The molecule has 0 aliphatic rings. The van der Waals surface area contributed by atoms with Crippen molar-refractivity contribution in [3.63, 3.8) is 0 Å². The first kappa shape index (κ1) is 16.8. The van der Waals surface area contributed by atoms with Crippen molar-refractivity contribution in [2.75, 3.05) is 13.1 Å². The second-order valence-electron chi connectivity index (χ2n) is 4.74. The zero-order chi connectivity index (χ0) is 16.1. The molecule has 1 amide bonds. The van der Waals surface area contributed by atoms with Crippen LogP contribution in [0, 0.1) is 0 Å². The van der Waals surface area contributed by atoms with E-state index in [2.05, 4.69) is 15.2 Å². The number of benzene rings is 1. The topological polar surface area (TPSA) is 61.9 Å². The lowest BCUT2D eigenvalue weighted by atomic mass is 10.2. The number of nitrogens with one attached hydrogen (secondary N) is 1. The van der Waals surface area contributed by atoms with Gasteiger partial charge in [-0.05, 0) is 45.0 Å². The number of nitrogens with zero attached hydrogens (tertiary/aromatic N) is 3. The Morgan fingerprint density at radius 2 is 1.95 bits per heavy atom. The third-order valence-corrected chi connectivity index (χ3v) is 4.49. The van der Waals surface area contributed by atoms with Gasteiger partial charge in [0.2, 0.25) is 11.1 Å². The predicted octanol–water partition coefficient (Wildman–Crippen LogP) is 3.47. The molecule has 1 N–H and O–H groups in total. The van der Waals surface area contributed by atoms with Crippen LogP contribution in [-0.4, -0.2) is 44.3 Å². The van der Waals surface area contributed by atoms with Gasteiger partial charge < -0.3 is 4.90 Å². The molecule has 0 aliphatic heterocycles. The zero-order valence-corrected chi connectivity index (χ0v) is 14.4. The molecule has 1 aromatic heterocycles. The molecule has 2 aromatic rings. The molecule has 118 valence electrons. The number of hydrogen-bond donors (Lipinski definition) is 1. The molecule has 0 spiro atoms. The maximum absolute atomic E-state index is 12.2. The van der Waals surface area contributed by atoms with E-state index in [1.807, 2.05) is 37.8 Å². The third kappa shape index (κ3) is 4.01. The van der Waals surface area contributed by atoms with Gasteiger partial charge in [0.1, 0.15) is 0 Å². The minimum Gasteiger partial charge on any atom is -0.342 e. The fourth-order valence-electron chi connectivity index (χ4n) is 2.04. The van der Waals surface area contributed by atoms with Crippen molar-refractivity contribution in [2.24, 2.45) is 0 Å². The number of amides is 1. The highest BCUT2D eigenvalue weighted by molar-refractivity contribution is 8.00. The van der Waals surface area contributed by atoms with Crippen LogP contribution in [0.3, 0.4) is 0 Å². The largest absolute Gasteiger partial charge is 0.342 e. The first-order chi connectivity index (χ1) is 10.5. The molecule has 0 fully saturated rings. The zero-order valence-electron chi connectivity index (χ0n) is 12.8. The Balaban J connectivity index is 2.05. The number of halogens is 1. The van der Waals surface area contributed by atoms with Crippen molar-refractivity contribution in [3.05, 3.63) is 29.3 Å². The molecule has 1 unspecified atom stereocenters. The van der Waals surface area contributed by atoms with Crippen LogP contribution in [0.15, 0.2) is 29.4 Å². The molecular formula is C15H19ClN4OS. The van der Waals surface area contributed by atoms with Gasteiger partial charge in [-0.3, -0.25) is 9.89 Å². The number of aromatic amines is 1. The quantitative estimate of drug-likeness (QED) is 0.819. The molecule has 0 bridgehead atoms. The summed E-state index contributed by atoms with van der Waals surface area (Å²) in [6.07, 6.45) is 0. The molecule has 1 aromatic carbocycles. The molecule has 7 heteroatoms. The van der Waals surface area contributed by atoms with Crippen molar-refractivity contribution in [2.45, 2.75) is 31.2 Å². The Morgan fingerprint density at radius 1 is 1.32 bits per heavy atom. The van der Waals surface area contributed by atoms with Gasteiger partial charge in [-0.25, -0.2) is 4.98 Å². The van der Waals surface area contributed by atoms with Crippen LogP contribution in [0.5, 0.6) is 0 Å². The summed E-state index contributed by atoms with van der Waals surface area (Å²) in [5.74, 6) is 0.773. The van der Waals surface area contributed by atoms with E-state index in [0.29, 0.717) is 29.1 Å². The second kappa shape index (κ2) is 7.65. The van der Waals surface area contributed by atoms with Crippen LogP contribution in [0.4, 0.5) is 0 Å². The molecular weight excluding hydrogens is 320 g/mol. The molecule has 22 heavy (non-hydrogen) atoms. The van der Waals surface area contributed by atoms with Crippen molar-refractivity contribution in [1.29, 1.82) is 0 Å². The van der Waals surface area contributed by atoms with Gasteiger partial charge in [-0.1, -0.05) is 23.4 Å². The lowest BCUT2D eigenvalue weighted by Gasteiger charge is -2.21. The van der Waals surface area contributed by atoms with Crippen LogP contribution < -0.4 is 0 Å². The summed E-state index contributed by atoms with van der Waals surface area (Å²) >= 11 is 7.23. The van der Waals surface area contributed by atoms with Crippen LogP contribution in [0.2, 0.25) is 5.02 Å². The van der Waals surface area contributed by atoms with Crippen molar-refractivity contribution in [1.82, 2.24) is 20.1 Å². The van der Waals surface area contributed by atoms with Crippen LogP contribution in [0.25, 0.3) is 11.4 Å². The van der Waals surface area contributed by atoms with E-state index >= 15 is 0 Å². The number of aromatic nitrogens is 3. The van der Waals surface area contributed by atoms with E-state index < -0.39 is 0 Å². The molecule has 1 heterocycles. The van der Waals surface area contributed by atoms with E-state index in [1.165, 1.54) is 11.8 Å². The van der Waals surface area contributed by atoms with Gasteiger partial charge in [-0.2, -0.15) is 0 Å². The SMILES string of the molecule is CCN(CC)C(=O)C(C)Sc1n[nH]c(-c2ccc(Cl)cc2)n1. The monoisotopic (exact) mass is 338 g/mol. The molecule has 1 atom stereocenters. The highest BCUT2D eigenvalue weighted by atomic mass is 35.5. The minimum atomic E-state index is -0.214. The third-order valence-electron chi connectivity index (χ3n) is 3.29. The molecule has 0 radical (unpaired) electrons. The Kier molecular flexibility index (Phi) is 5.85. The van der Waals surface area contributed by atoms with Gasteiger partial charge in [0.15, 0.2) is 5.82 Å². The summed E-state index contributed by atoms with van der Waals surface area (Å²) in [5.41, 5.74) is 0.909. The summed E-state index contributed by atoms with van der Waals surface area (Å²) in [6.45, 7) is 7.26. The predicted molar refractivity (Wildman–Crippen MR) is 90.1 cm³/mol. The first-order valence-corrected chi connectivity index (χ1v) is 8.44. The summed E-state index contributed by atoms with van der Waals surface area (Å²) in [4.78, 5) is 18.5. The van der Waals surface area contributed by atoms with Gasteiger partial charge in [0.05, 0.1) is 5.25 Å². The van der Waals surface area contributed by atoms with E-state index in [1.54, 1.807) is 12.1 Å². The van der Waals surface area contributed by atoms with Crippen molar-refractivity contribution < 1.29 is 4.79 Å². The number of rotatable bonds is 6. The van der Waals surface area contributed by atoms with Crippen molar-refractivity contribution in [3.8, 4) is 11.4 Å². The van der Waals surface area contributed by atoms with Crippen LogP contribution >= 0.6 is 23.4 Å². The van der Waals surface area contributed by atoms with E-state index in [4.69, 9.17) is 11.6 Å². The Labute approximate surface area is 139 Å². The summed E-state index contributed by atoms with van der Waals surface area (Å²) < 4.78 is 0. The van der Waals surface area contributed by atoms with Gasteiger partial charge in [-0.15, -0.1) is 5.10 Å². The number of carbonyl (C=O) groups excluding carboxylic acids is 1. The molecule has 0 saturated carbocycles. The van der Waals surface area contributed by atoms with Crippen molar-refractivity contribution >= 4 is 29.3 Å². The molecule has 2 rings (SSSR count). The van der Waals surface area contributed by atoms with E-state index in [0.717, 1.165) is 5.56 Å². The first-order valence-electron chi connectivity index (χ1n) is 7.19. The lowest BCUT2D eigenvalue weighted by Crippen LogP contribution is -2.36. The average Bonchev–Trinajstić information content (AvgIpc) is 2.97. The molecule has 5 nitrogen and oxygen atoms in total. The molecule has 0 aliphatic carbocycles. The highest BCUT2D eigenvalue weighted by Gasteiger charge is 2.21. The Morgan fingerprint density at radius 3 is 2.55 bits per heavy atom. The summed E-state index contributed by atoms with van der Waals surface area (Å²) in [6, 6.07) is 7.36. The Bertz CT molecular complexity index is 625. The van der Waals surface area contributed by atoms with E-state index in [9.17, 15) is 4.79 Å². The van der Waals surface area contributed by atoms with Gasteiger partial charge in [0, 0.05) is 23.7 Å². The van der Waals surface area contributed by atoms with Crippen LogP contribution in [-0.2, 0) is 4.79 Å². The summed E-state index contributed by atoms with van der Waals surface area (Å²) in [5, 5.41) is 8.10. The fraction of sp³-hybridized carbons (Fsp3) is 0.400. The average molecular weight is 339 g/mol. The number of H-pyrrole nitrogens is 1. The number of thioether (sulfide) groups is 1. The smallest absolute Gasteiger partial charge is 0.235 e. The number of hydrogen-bond acceptors (Lipinski definition) is 4. The number of carbonyl (C=O) groups is 1. The lowest BCUT2D eigenvalue weighted by molar-refractivity contribution is -0.129. The maximum atomic E-state index is 12.2. The summed E-state index contributed by atoms with van der Waals surface area (Å²) in [7, 11) is 0. The normalized spacial score (nSPS) is 12.2. The van der Waals surface area contributed by atoms with Gasteiger partial charge >= 0.3 is 0 Å². The standard InChI is InChI=1S/C15H19ClN4OS/c1-4-20(5-2)14(21)10(3)22-15-17-13(18-19-15)11-6-8-12(16)9-7-11/h6-10H,4-5H2,1-3H3,(H,17,18,19). The van der Waals surface area contributed by atoms with E-state index in [-0.39, 0.29) is 11.2 Å². The van der Waals surface area contributed by atoms with Gasteiger partial charge in [0.25, 0.3) is 0 Å². The highest BCUT2D eigenvalue weighted by Crippen LogP contribution is 2.24.